The van der Waals surface area contributed by atoms with E-state index in [-0.39, 0.29) is 18.3 Å². The van der Waals surface area contributed by atoms with Gasteiger partial charge in [0, 0.05) is 6.54 Å². The lowest BCUT2D eigenvalue weighted by Crippen LogP contribution is -2.36. The minimum absolute atomic E-state index is 0.157. The fourth-order valence-electron chi connectivity index (χ4n) is 1.88. The molecule has 0 radical (unpaired) electrons. The molecule has 5 heteroatoms. The van der Waals surface area contributed by atoms with Crippen LogP contribution in [0.2, 0.25) is 0 Å². The first kappa shape index (κ1) is 11.9. The number of rotatable bonds is 1. The Hall–Kier alpha value is -1.62. The first-order valence-electron chi connectivity index (χ1n) is 5.51. The lowest BCUT2D eigenvalue weighted by atomic mass is 10.1. The molecule has 0 aromatic heterocycles. The van der Waals surface area contributed by atoms with E-state index < -0.39 is 11.4 Å². The van der Waals surface area contributed by atoms with Gasteiger partial charge in [0.2, 0.25) is 0 Å². The second-order valence-corrected chi connectivity index (χ2v) is 4.58. The summed E-state index contributed by atoms with van der Waals surface area (Å²) in [6, 6.07) is 5.62. The van der Waals surface area contributed by atoms with Crippen molar-refractivity contribution in [2.75, 3.05) is 18.4 Å². The lowest BCUT2D eigenvalue weighted by molar-refractivity contribution is 0.0727. The molecule has 4 nitrogen and oxygen atoms in total. The zero-order valence-electron chi connectivity index (χ0n) is 9.61. The van der Waals surface area contributed by atoms with Crippen LogP contribution in [0.3, 0.4) is 0 Å². The van der Waals surface area contributed by atoms with E-state index in [0.29, 0.717) is 13.0 Å². The summed E-state index contributed by atoms with van der Waals surface area (Å²) < 4.78 is 13.3. The van der Waals surface area contributed by atoms with Crippen LogP contribution in [0.15, 0.2) is 24.3 Å². The van der Waals surface area contributed by atoms with Gasteiger partial charge < -0.3 is 15.3 Å². The number of hydrogen-bond donors (Lipinski definition) is 2. The normalized spacial score (nSPS) is 23.8. The van der Waals surface area contributed by atoms with Gasteiger partial charge in [-0.25, -0.2) is 9.18 Å². The third kappa shape index (κ3) is 2.74. The molecule has 92 valence electrons. The Morgan fingerprint density at radius 3 is 2.82 bits per heavy atom. The van der Waals surface area contributed by atoms with Gasteiger partial charge >= 0.3 is 6.03 Å². The summed E-state index contributed by atoms with van der Waals surface area (Å²) in [6.45, 7) is 2.43. The largest absolute Gasteiger partial charge is 0.388 e. The third-order valence-corrected chi connectivity index (χ3v) is 2.85. The molecule has 17 heavy (non-hydrogen) atoms. The average molecular weight is 238 g/mol. The van der Waals surface area contributed by atoms with Crippen molar-refractivity contribution in [3.8, 4) is 0 Å². The van der Waals surface area contributed by atoms with E-state index in [1.165, 1.54) is 17.0 Å². The van der Waals surface area contributed by atoms with Crippen molar-refractivity contribution in [3.05, 3.63) is 30.1 Å². The Kier molecular flexibility index (Phi) is 3.02. The summed E-state index contributed by atoms with van der Waals surface area (Å²) in [6.07, 6.45) is 0.539. The van der Waals surface area contributed by atoms with Crippen molar-refractivity contribution in [3.63, 3.8) is 0 Å². The molecule has 2 amide bonds. The summed E-state index contributed by atoms with van der Waals surface area (Å²) >= 11 is 0. The molecule has 0 aliphatic carbocycles. The number of hydrogen-bond acceptors (Lipinski definition) is 2. The monoisotopic (exact) mass is 238 g/mol. The number of para-hydroxylation sites is 1. The maximum atomic E-state index is 13.3. The highest BCUT2D eigenvalue weighted by Gasteiger charge is 2.34. The molecule has 1 unspecified atom stereocenters. The van der Waals surface area contributed by atoms with Crippen molar-refractivity contribution in [1.82, 2.24) is 4.90 Å². The van der Waals surface area contributed by atoms with Crippen LogP contribution < -0.4 is 5.32 Å². The molecule has 1 aliphatic rings. The Balaban J connectivity index is 2.01. The van der Waals surface area contributed by atoms with Crippen LogP contribution in [0.25, 0.3) is 0 Å². The number of anilines is 1. The summed E-state index contributed by atoms with van der Waals surface area (Å²) in [5.41, 5.74) is -0.684. The van der Waals surface area contributed by atoms with Gasteiger partial charge in [-0.2, -0.15) is 0 Å². The first-order chi connectivity index (χ1) is 7.98. The molecule has 0 spiro atoms. The summed E-state index contributed by atoms with van der Waals surface area (Å²) in [4.78, 5) is 13.3. The minimum Gasteiger partial charge on any atom is -0.388 e. The van der Waals surface area contributed by atoms with Gasteiger partial charge in [0.05, 0.1) is 17.8 Å². The van der Waals surface area contributed by atoms with E-state index in [2.05, 4.69) is 5.32 Å². The molecule has 0 bridgehead atoms. The van der Waals surface area contributed by atoms with Crippen LogP contribution in [0.4, 0.5) is 14.9 Å². The first-order valence-corrected chi connectivity index (χ1v) is 5.51. The maximum Gasteiger partial charge on any atom is 0.322 e. The van der Waals surface area contributed by atoms with Crippen LogP contribution in [-0.4, -0.2) is 34.7 Å². The van der Waals surface area contributed by atoms with E-state index in [0.717, 1.165) is 0 Å². The number of halogens is 1. The number of carbonyl (C=O) groups is 1. The fourth-order valence-corrected chi connectivity index (χ4v) is 1.88. The molecule has 1 aliphatic heterocycles. The van der Waals surface area contributed by atoms with Crippen LogP contribution in [0.1, 0.15) is 13.3 Å². The van der Waals surface area contributed by atoms with E-state index in [1.807, 2.05) is 0 Å². The van der Waals surface area contributed by atoms with Crippen LogP contribution in [0.5, 0.6) is 0 Å². The molecular formula is C12H15FN2O2. The number of amides is 2. The number of likely N-dealkylation sites (tertiary alicyclic amines) is 1. The number of nitrogens with zero attached hydrogens (tertiary/aromatic N) is 1. The molecule has 1 saturated heterocycles. The number of benzene rings is 1. The molecule has 1 heterocycles. The zero-order valence-corrected chi connectivity index (χ0v) is 9.61. The Morgan fingerprint density at radius 2 is 2.24 bits per heavy atom. The van der Waals surface area contributed by atoms with Gasteiger partial charge in [0.25, 0.3) is 0 Å². The van der Waals surface area contributed by atoms with E-state index in [1.54, 1.807) is 19.1 Å². The second kappa shape index (κ2) is 4.33. The van der Waals surface area contributed by atoms with Gasteiger partial charge in [-0.3, -0.25) is 0 Å². The highest BCUT2D eigenvalue weighted by molar-refractivity contribution is 5.89. The number of urea groups is 1. The Bertz CT molecular complexity index is 434. The molecule has 1 atom stereocenters. The van der Waals surface area contributed by atoms with Crippen molar-refractivity contribution < 1.29 is 14.3 Å². The van der Waals surface area contributed by atoms with Gasteiger partial charge in [-0.1, -0.05) is 12.1 Å². The average Bonchev–Trinajstić information content (AvgIpc) is 2.62. The van der Waals surface area contributed by atoms with E-state index in [4.69, 9.17) is 0 Å². The SMILES string of the molecule is CC1(O)CCN(C(=O)Nc2ccccc2F)C1. The molecule has 1 aromatic rings. The molecule has 2 rings (SSSR count). The zero-order chi connectivity index (χ0) is 12.5. The van der Waals surface area contributed by atoms with Crippen LogP contribution >= 0.6 is 0 Å². The molecule has 1 fully saturated rings. The standard InChI is InChI=1S/C12H15FN2O2/c1-12(17)6-7-15(8-12)11(16)14-10-5-3-2-4-9(10)13/h2-5,17H,6-8H2,1H3,(H,14,16). The highest BCUT2D eigenvalue weighted by atomic mass is 19.1. The predicted molar refractivity (Wildman–Crippen MR) is 62.2 cm³/mol. The van der Waals surface area contributed by atoms with Crippen molar-refractivity contribution in [2.45, 2.75) is 18.9 Å². The maximum absolute atomic E-state index is 13.3. The van der Waals surface area contributed by atoms with E-state index in [9.17, 15) is 14.3 Å². The highest BCUT2D eigenvalue weighted by Crippen LogP contribution is 2.21. The summed E-state index contributed by atoms with van der Waals surface area (Å²) in [5.74, 6) is -0.466. The topological polar surface area (TPSA) is 52.6 Å². The predicted octanol–water partition coefficient (Wildman–Crippen LogP) is 1.81. The van der Waals surface area contributed by atoms with Crippen LogP contribution in [-0.2, 0) is 0 Å². The summed E-state index contributed by atoms with van der Waals surface area (Å²) in [7, 11) is 0. The number of aliphatic hydroxyl groups is 1. The minimum atomic E-state index is -0.841. The van der Waals surface area contributed by atoms with Crippen molar-refractivity contribution in [2.24, 2.45) is 0 Å². The van der Waals surface area contributed by atoms with Crippen molar-refractivity contribution in [1.29, 1.82) is 0 Å². The number of carbonyl (C=O) groups excluding carboxylic acids is 1. The second-order valence-electron chi connectivity index (χ2n) is 4.58. The van der Waals surface area contributed by atoms with Gasteiger partial charge in [-0.05, 0) is 25.5 Å². The molecule has 1 aromatic carbocycles. The van der Waals surface area contributed by atoms with Crippen LogP contribution in [0, 0.1) is 5.82 Å². The van der Waals surface area contributed by atoms with E-state index >= 15 is 0 Å². The van der Waals surface area contributed by atoms with Crippen molar-refractivity contribution >= 4 is 11.7 Å². The Labute approximate surface area is 99.0 Å². The Morgan fingerprint density at radius 1 is 1.53 bits per heavy atom. The molecule has 0 saturated carbocycles. The third-order valence-electron chi connectivity index (χ3n) is 2.85. The molecule has 2 N–H and O–H groups in total. The molecular weight excluding hydrogens is 223 g/mol. The summed E-state index contributed by atoms with van der Waals surface area (Å²) in [5, 5.41) is 12.2. The smallest absolute Gasteiger partial charge is 0.322 e. The number of nitrogens with one attached hydrogen (secondary N) is 1. The van der Waals surface area contributed by atoms with Gasteiger partial charge in [0.15, 0.2) is 0 Å². The quantitative estimate of drug-likeness (QED) is 0.784. The van der Waals surface area contributed by atoms with Gasteiger partial charge in [-0.15, -0.1) is 0 Å². The van der Waals surface area contributed by atoms with Gasteiger partial charge in [0.1, 0.15) is 5.82 Å². The lowest BCUT2D eigenvalue weighted by Gasteiger charge is -2.19. The number of β-amino-alcohol motifs (C(OH)–C–C–N with tert-alkyl or cyclic N) is 1. The fraction of sp³-hybridized carbons (Fsp3) is 0.417.